The first kappa shape index (κ1) is 16.4. The molecule has 0 amide bonds. The Kier molecular flexibility index (Phi) is 6.80. The first-order valence-corrected chi connectivity index (χ1v) is 8.40. The van der Waals surface area contributed by atoms with Crippen LogP contribution in [0.4, 0.5) is 0 Å². The quantitative estimate of drug-likeness (QED) is 0.646. The molecule has 1 heterocycles. The zero-order valence-corrected chi connectivity index (χ0v) is 13.1. The topological polar surface area (TPSA) is 51.9 Å². The maximum atomic E-state index is 13.0. The van der Waals surface area contributed by atoms with Crippen molar-refractivity contribution >= 4 is 7.60 Å². The van der Waals surface area contributed by atoms with Crippen molar-refractivity contribution in [3.05, 3.63) is 24.2 Å². The van der Waals surface area contributed by atoms with Crippen LogP contribution in [0, 0.1) is 0 Å². The molecule has 0 aromatic carbocycles. The number of furan rings is 1. The van der Waals surface area contributed by atoms with Crippen LogP contribution in [0.1, 0.15) is 39.2 Å². The van der Waals surface area contributed by atoms with Gasteiger partial charge in [0.25, 0.3) is 0 Å². The average Bonchev–Trinajstić information content (AvgIpc) is 2.89. The molecule has 19 heavy (non-hydrogen) atoms. The minimum Gasteiger partial charge on any atom is -0.467 e. The van der Waals surface area contributed by atoms with Gasteiger partial charge in [0.1, 0.15) is 5.76 Å². The molecule has 1 aromatic rings. The largest absolute Gasteiger partial charge is 0.467 e. The lowest BCUT2D eigenvalue weighted by atomic mass is 10.4. The highest BCUT2D eigenvalue weighted by Crippen LogP contribution is 2.62. The fourth-order valence-electron chi connectivity index (χ4n) is 2.08. The van der Waals surface area contributed by atoms with E-state index in [1.54, 1.807) is 12.3 Å². The first-order valence-electron chi connectivity index (χ1n) is 6.79. The van der Waals surface area contributed by atoms with Gasteiger partial charge in [0, 0.05) is 0 Å². The fourth-order valence-corrected chi connectivity index (χ4v) is 4.34. The van der Waals surface area contributed by atoms with Gasteiger partial charge in [0.2, 0.25) is 0 Å². The van der Waals surface area contributed by atoms with Gasteiger partial charge in [0.15, 0.2) is 5.78 Å². The Balaban J connectivity index is 3.16. The molecule has 0 saturated carbocycles. The van der Waals surface area contributed by atoms with Crippen LogP contribution in [0.2, 0.25) is 0 Å². The summed E-state index contributed by atoms with van der Waals surface area (Å²) < 4.78 is 29.4. The molecule has 5 nitrogen and oxygen atoms in total. The SMILES string of the molecule is CCOP(=O)(OCC)C(c1ccco1)N(CC)CC. The summed E-state index contributed by atoms with van der Waals surface area (Å²) in [5, 5.41) is 0. The fraction of sp³-hybridized carbons (Fsp3) is 0.692. The van der Waals surface area contributed by atoms with E-state index in [0.29, 0.717) is 19.0 Å². The Labute approximate surface area is 115 Å². The van der Waals surface area contributed by atoms with Crippen LogP contribution in [0.15, 0.2) is 22.8 Å². The van der Waals surface area contributed by atoms with Crippen LogP contribution < -0.4 is 0 Å². The second-order valence-corrected chi connectivity index (χ2v) is 6.07. The second kappa shape index (κ2) is 7.85. The van der Waals surface area contributed by atoms with Crippen molar-refractivity contribution in [2.75, 3.05) is 26.3 Å². The number of rotatable bonds is 9. The molecule has 1 atom stereocenters. The van der Waals surface area contributed by atoms with Gasteiger partial charge in [-0.2, -0.15) is 0 Å². The van der Waals surface area contributed by atoms with E-state index in [2.05, 4.69) is 0 Å². The molecule has 1 aromatic heterocycles. The maximum absolute atomic E-state index is 13.0. The van der Waals surface area contributed by atoms with Gasteiger partial charge in [0.05, 0.1) is 19.5 Å². The van der Waals surface area contributed by atoms with Crippen LogP contribution in [-0.2, 0) is 13.6 Å². The highest BCUT2D eigenvalue weighted by atomic mass is 31.2. The lowest BCUT2D eigenvalue weighted by Gasteiger charge is -2.32. The molecule has 0 aliphatic heterocycles. The summed E-state index contributed by atoms with van der Waals surface area (Å²) in [5.74, 6) is 0.131. The summed E-state index contributed by atoms with van der Waals surface area (Å²) in [7, 11) is -3.28. The van der Waals surface area contributed by atoms with Crippen molar-refractivity contribution in [3.63, 3.8) is 0 Å². The van der Waals surface area contributed by atoms with Crippen LogP contribution in [0.25, 0.3) is 0 Å². The number of nitrogens with zero attached hydrogens (tertiary/aromatic N) is 1. The van der Waals surface area contributed by atoms with E-state index in [4.69, 9.17) is 13.5 Å². The molecular formula is C13H24NO4P. The van der Waals surface area contributed by atoms with Crippen LogP contribution in [0.3, 0.4) is 0 Å². The molecule has 0 aliphatic rings. The Hall–Kier alpha value is -0.610. The van der Waals surface area contributed by atoms with Gasteiger partial charge >= 0.3 is 7.60 Å². The average molecular weight is 289 g/mol. The Morgan fingerprint density at radius 3 is 2.16 bits per heavy atom. The van der Waals surface area contributed by atoms with Crippen LogP contribution in [0.5, 0.6) is 0 Å². The Morgan fingerprint density at radius 1 is 1.21 bits per heavy atom. The first-order chi connectivity index (χ1) is 9.12. The molecule has 0 aliphatic carbocycles. The van der Waals surface area contributed by atoms with E-state index >= 15 is 0 Å². The molecular weight excluding hydrogens is 265 g/mol. The van der Waals surface area contributed by atoms with Crippen LogP contribution in [-0.4, -0.2) is 31.2 Å². The van der Waals surface area contributed by atoms with Crippen molar-refractivity contribution in [2.45, 2.75) is 33.5 Å². The number of hydrogen-bond donors (Lipinski definition) is 0. The summed E-state index contributed by atoms with van der Waals surface area (Å²) in [6.45, 7) is 9.83. The standard InChI is InChI=1S/C13H24NO4P/c1-5-14(6-2)13(12-10-9-11-16-12)19(15,17-7-3)18-8-4/h9-11,13H,5-8H2,1-4H3. The van der Waals surface area contributed by atoms with Gasteiger partial charge in [-0.15, -0.1) is 0 Å². The van der Waals surface area contributed by atoms with Gasteiger partial charge in [-0.1, -0.05) is 13.8 Å². The zero-order chi connectivity index (χ0) is 14.3. The smallest absolute Gasteiger partial charge is 0.355 e. The van der Waals surface area contributed by atoms with E-state index in [1.165, 1.54) is 0 Å². The summed E-state index contributed by atoms with van der Waals surface area (Å²) >= 11 is 0. The molecule has 1 rings (SSSR count). The zero-order valence-electron chi connectivity index (χ0n) is 12.2. The lowest BCUT2D eigenvalue weighted by molar-refractivity contribution is 0.159. The van der Waals surface area contributed by atoms with Crippen molar-refractivity contribution < 1.29 is 18.0 Å². The molecule has 0 saturated heterocycles. The van der Waals surface area contributed by atoms with E-state index in [1.807, 2.05) is 38.7 Å². The maximum Gasteiger partial charge on any atom is 0.355 e. The van der Waals surface area contributed by atoms with E-state index in [0.717, 1.165) is 13.1 Å². The molecule has 0 spiro atoms. The molecule has 110 valence electrons. The van der Waals surface area contributed by atoms with Crippen molar-refractivity contribution in [1.82, 2.24) is 4.90 Å². The third-order valence-corrected chi connectivity index (χ3v) is 5.29. The lowest BCUT2D eigenvalue weighted by Crippen LogP contribution is -2.29. The Bertz CT molecular complexity index is 379. The predicted octanol–water partition coefficient (Wildman–Crippen LogP) is 3.89. The van der Waals surface area contributed by atoms with E-state index in [-0.39, 0.29) is 0 Å². The molecule has 0 fully saturated rings. The van der Waals surface area contributed by atoms with Gasteiger partial charge in [-0.05, 0) is 39.1 Å². The minimum atomic E-state index is -3.28. The molecule has 1 unspecified atom stereocenters. The van der Waals surface area contributed by atoms with Crippen molar-refractivity contribution in [1.29, 1.82) is 0 Å². The summed E-state index contributed by atoms with van der Waals surface area (Å²) in [6.07, 6.45) is 1.58. The highest BCUT2D eigenvalue weighted by Gasteiger charge is 2.42. The van der Waals surface area contributed by atoms with Gasteiger partial charge < -0.3 is 13.5 Å². The third kappa shape index (κ3) is 3.93. The van der Waals surface area contributed by atoms with Crippen molar-refractivity contribution in [2.24, 2.45) is 0 Å². The van der Waals surface area contributed by atoms with E-state index in [9.17, 15) is 4.57 Å². The summed E-state index contributed by atoms with van der Waals surface area (Å²) in [5.41, 5.74) is 0. The molecule has 0 bridgehead atoms. The Morgan fingerprint density at radius 2 is 1.79 bits per heavy atom. The monoisotopic (exact) mass is 289 g/mol. The summed E-state index contributed by atoms with van der Waals surface area (Å²) in [6, 6.07) is 3.60. The molecule has 0 N–H and O–H groups in total. The predicted molar refractivity (Wildman–Crippen MR) is 75.2 cm³/mol. The second-order valence-electron chi connectivity index (χ2n) is 3.99. The van der Waals surface area contributed by atoms with E-state index < -0.39 is 13.4 Å². The molecule has 6 heteroatoms. The van der Waals surface area contributed by atoms with Crippen LogP contribution >= 0.6 is 7.60 Å². The normalized spacial score (nSPS) is 13.9. The highest BCUT2D eigenvalue weighted by molar-refractivity contribution is 7.54. The van der Waals surface area contributed by atoms with Gasteiger partial charge in [-0.25, -0.2) is 0 Å². The van der Waals surface area contributed by atoms with Gasteiger partial charge in [-0.3, -0.25) is 9.46 Å². The number of hydrogen-bond acceptors (Lipinski definition) is 5. The minimum absolute atomic E-state index is 0.343. The third-order valence-electron chi connectivity index (χ3n) is 2.87. The molecule has 0 radical (unpaired) electrons. The van der Waals surface area contributed by atoms with Crippen molar-refractivity contribution in [3.8, 4) is 0 Å². The summed E-state index contributed by atoms with van der Waals surface area (Å²) in [4.78, 5) is 2.03.